The molecule has 0 amide bonds. The summed E-state index contributed by atoms with van der Waals surface area (Å²) in [6, 6.07) is 3.78. The number of nitrogens with zero attached hydrogens (tertiary/aromatic N) is 1. The van der Waals surface area contributed by atoms with Crippen LogP contribution in [0.15, 0.2) is 12.1 Å². The van der Waals surface area contributed by atoms with Gasteiger partial charge in [-0.3, -0.25) is 0 Å². The van der Waals surface area contributed by atoms with E-state index in [0.29, 0.717) is 22.4 Å². The standard InChI is InChI=1S/C15H21Cl2NO2/c1-3-20-15-12(16)7-10(8-13(15)17)6-11-9-18(2)5-4-14(11)19/h7-8,11,14,19H,3-6,9H2,1-2H3. The van der Waals surface area contributed by atoms with Gasteiger partial charge in [-0.1, -0.05) is 23.2 Å². The van der Waals surface area contributed by atoms with Crippen LogP contribution in [-0.4, -0.2) is 42.9 Å². The number of hydrogen-bond acceptors (Lipinski definition) is 3. The molecule has 2 atom stereocenters. The quantitative estimate of drug-likeness (QED) is 0.925. The maximum atomic E-state index is 10.1. The van der Waals surface area contributed by atoms with Gasteiger partial charge in [-0.15, -0.1) is 0 Å². The molecule has 0 spiro atoms. The summed E-state index contributed by atoms with van der Waals surface area (Å²) in [6.45, 7) is 4.27. The lowest BCUT2D eigenvalue weighted by Gasteiger charge is -2.34. The molecule has 0 radical (unpaired) electrons. The Labute approximate surface area is 130 Å². The Morgan fingerprint density at radius 2 is 2.00 bits per heavy atom. The van der Waals surface area contributed by atoms with E-state index in [1.54, 1.807) is 0 Å². The molecule has 5 heteroatoms. The number of likely N-dealkylation sites (tertiary alicyclic amines) is 1. The van der Waals surface area contributed by atoms with Crippen molar-refractivity contribution in [3.05, 3.63) is 27.7 Å². The van der Waals surface area contributed by atoms with Crippen molar-refractivity contribution in [3.8, 4) is 5.75 Å². The molecular formula is C15H21Cl2NO2. The number of ether oxygens (including phenoxy) is 1. The molecule has 0 bridgehead atoms. The third-order valence-corrected chi connectivity index (χ3v) is 4.30. The summed E-state index contributed by atoms with van der Waals surface area (Å²) in [6.07, 6.45) is 1.34. The van der Waals surface area contributed by atoms with Gasteiger partial charge in [-0.25, -0.2) is 0 Å². The van der Waals surface area contributed by atoms with Crippen LogP contribution in [-0.2, 0) is 6.42 Å². The highest BCUT2D eigenvalue weighted by Crippen LogP contribution is 2.35. The van der Waals surface area contributed by atoms with E-state index in [-0.39, 0.29) is 12.0 Å². The Hall–Kier alpha value is -0.480. The SMILES string of the molecule is CCOc1c(Cl)cc(CC2CN(C)CCC2O)cc1Cl. The number of benzene rings is 1. The molecule has 2 unspecified atom stereocenters. The van der Waals surface area contributed by atoms with Gasteiger partial charge in [-0.05, 0) is 44.5 Å². The number of aliphatic hydroxyl groups is 1. The van der Waals surface area contributed by atoms with Gasteiger partial charge in [0.15, 0.2) is 5.75 Å². The van der Waals surface area contributed by atoms with Crippen LogP contribution in [0.2, 0.25) is 10.0 Å². The zero-order valence-electron chi connectivity index (χ0n) is 11.9. The molecule has 3 nitrogen and oxygen atoms in total. The molecule has 20 heavy (non-hydrogen) atoms. The highest BCUT2D eigenvalue weighted by Gasteiger charge is 2.26. The van der Waals surface area contributed by atoms with E-state index in [1.165, 1.54) is 0 Å². The van der Waals surface area contributed by atoms with Crippen molar-refractivity contribution >= 4 is 23.2 Å². The lowest BCUT2D eigenvalue weighted by molar-refractivity contribution is 0.0366. The monoisotopic (exact) mass is 317 g/mol. The van der Waals surface area contributed by atoms with Crippen molar-refractivity contribution in [3.63, 3.8) is 0 Å². The molecule has 1 aromatic rings. The minimum absolute atomic E-state index is 0.221. The van der Waals surface area contributed by atoms with Crippen LogP contribution < -0.4 is 4.74 Å². The summed E-state index contributed by atoms with van der Waals surface area (Å²) < 4.78 is 5.43. The zero-order chi connectivity index (χ0) is 14.7. The van der Waals surface area contributed by atoms with Crippen LogP contribution in [0.3, 0.4) is 0 Å². The van der Waals surface area contributed by atoms with Gasteiger partial charge < -0.3 is 14.7 Å². The highest BCUT2D eigenvalue weighted by atomic mass is 35.5. The number of halogens is 2. The molecule has 1 heterocycles. The second-order valence-corrected chi connectivity index (χ2v) is 6.22. The second-order valence-electron chi connectivity index (χ2n) is 5.40. The van der Waals surface area contributed by atoms with E-state index in [9.17, 15) is 5.11 Å². The van der Waals surface area contributed by atoms with Gasteiger partial charge in [0.25, 0.3) is 0 Å². The Balaban J connectivity index is 2.13. The summed E-state index contributed by atoms with van der Waals surface area (Å²) in [7, 11) is 2.08. The van der Waals surface area contributed by atoms with Gasteiger partial charge in [0.2, 0.25) is 0 Å². The van der Waals surface area contributed by atoms with E-state index in [0.717, 1.165) is 31.5 Å². The molecule has 112 valence electrons. The van der Waals surface area contributed by atoms with Gasteiger partial charge in [0.05, 0.1) is 22.8 Å². The lowest BCUT2D eigenvalue weighted by Crippen LogP contribution is -2.41. The first-order valence-corrected chi connectivity index (χ1v) is 7.74. The third kappa shape index (κ3) is 3.79. The van der Waals surface area contributed by atoms with Crippen molar-refractivity contribution < 1.29 is 9.84 Å². The summed E-state index contributed by atoms with van der Waals surface area (Å²) >= 11 is 12.4. The molecule has 1 aromatic carbocycles. The van der Waals surface area contributed by atoms with Crippen LogP contribution in [0.1, 0.15) is 18.9 Å². The Bertz CT molecular complexity index is 444. The average Bonchev–Trinajstić information content (AvgIpc) is 2.38. The van der Waals surface area contributed by atoms with Crippen LogP contribution in [0.5, 0.6) is 5.75 Å². The van der Waals surface area contributed by atoms with Gasteiger partial charge in [-0.2, -0.15) is 0 Å². The molecule has 1 fully saturated rings. The van der Waals surface area contributed by atoms with Gasteiger partial charge in [0.1, 0.15) is 0 Å². The summed E-state index contributed by atoms with van der Waals surface area (Å²) in [4.78, 5) is 2.25. The Morgan fingerprint density at radius 1 is 1.35 bits per heavy atom. The minimum atomic E-state index is -0.254. The fraction of sp³-hybridized carbons (Fsp3) is 0.600. The number of aliphatic hydroxyl groups excluding tert-OH is 1. The van der Waals surface area contributed by atoms with Crippen molar-refractivity contribution in [1.82, 2.24) is 4.90 Å². The van der Waals surface area contributed by atoms with Crippen LogP contribution in [0.4, 0.5) is 0 Å². The van der Waals surface area contributed by atoms with Gasteiger partial charge in [0, 0.05) is 19.0 Å². The number of rotatable bonds is 4. The predicted molar refractivity (Wildman–Crippen MR) is 82.9 cm³/mol. The first-order chi connectivity index (χ1) is 9.51. The summed E-state index contributed by atoms with van der Waals surface area (Å²) in [5, 5.41) is 11.2. The van der Waals surface area contributed by atoms with Crippen molar-refractivity contribution in [2.24, 2.45) is 5.92 Å². The van der Waals surface area contributed by atoms with E-state index in [4.69, 9.17) is 27.9 Å². The molecule has 1 aliphatic rings. The van der Waals surface area contributed by atoms with Crippen molar-refractivity contribution in [2.45, 2.75) is 25.9 Å². The molecule has 1 N–H and O–H groups in total. The largest absolute Gasteiger partial charge is 0.491 e. The number of piperidine rings is 1. The molecule has 0 saturated carbocycles. The normalized spacial score (nSPS) is 23.9. The smallest absolute Gasteiger partial charge is 0.156 e. The van der Waals surface area contributed by atoms with E-state index in [2.05, 4.69) is 11.9 Å². The predicted octanol–water partition coefficient (Wildman–Crippen LogP) is 3.25. The summed E-state index contributed by atoms with van der Waals surface area (Å²) in [5.41, 5.74) is 1.04. The topological polar surface area (TPSA) is 32.7 Å². The molecule has 1 saturated heterocycles. The molecule has 1 aliphatic heterocycles. The zero-order valence-corrected chi connectivity index (χ0v) is 13.4. The van der Waals surface area contributed by atoms with Gasteiger partial charge >= 0.3 is 0 Å². The van der Waals surface area contributed by atoms with Crippen molar-refractivity contribution in [2.75, 3.05) is 26.7 Å². The molecule has 2 rings (SSSR count). The van der Waals surface area contributed by atoms with Crippen LogP contribution >= 0.6 is 23.2 Å². The molecular weight excluding hydrogens is 297 g/mol. The molecule has 0 aromatic heterocycles. The average molecular weight is 318 g/mol. The fourth-order valence-corrected chi connectivity index (χ4v) is 3.36. The lowest BCUT2D eigenvalue weighted by atomic mass is 9.89. The first kappa shape index (κ1) is 15.9. The summed E-state index contributed by atoms with van der Waals surface area (Å²) in [5.74, 6) is 0.764. The second kappa shape index (κ2) is 6.99. The Morgan fingerprint density at radius 3 is 2.60 bits per heavy atom. The van der Waals surface area contributed by atoms with Crippen molar-refractivity contribution in [1.29, 1.82) is 0 Å². The minimum Gasteiger partial charge on any atom is -0.491 e. The van der Waals surface area contributed by atoms with Crippen LogP contribution in [0.25, 0.3) is 0 Å². The highest BCUT2D eigenvalue weighted by molar-refractivity contribution is 6.37. The number of hydrogen-bond donors (Lipinski definition) is 1. The first-order valence-electron chi connectivity index (χ1n) is 6.98. The third-order valence-electron chi connectivity index (χ3n) is 3.74. The molecule has 0 aliphatic carbocycles. The van der Waals surface area contributed by atoms with E-state index >= 15 is 0 Å². The maximum Gasteiger partial charge on any atom is 0.156 e. The fourth-order valence-electron chi connectivity index (χ4n) is 2.72. The maximum absolute atomic E-state index is 10.1. The Kier molecular flexibility index (Phi) is 5.56. The van der Waals surface area contributed by atoms with Crippen LogP contribution in [0, 0.1) is 5.92 Å². The van der Waals surface area contributed by atoms with E-state index in [1.807, 2.05) is 19.1 Å². The van der Waals surface area contributed by atoms with E-state index < -0.39 is 0 Å².